The van der Waals surface area contributed by atoms with Crippen LogP contribution in [0.5, 0.6) is 0 Å². The van der Waals surface area contributed by atoms with Crippen LogP contribution in [-0.2, 0) is 0 Å². The van der Waals surface area contributed by atoms with Gasteiger partial charge in [0.25, 0.3) is 0 Å². The lowest BCUT2D eigenvalue weighted by atomic mass is 9.84. The molecule has 0 atom stereocenters. The molecular formula is C40H26N2. The molecule has 6 aromatic carbocycles. The molecule has 196 valence electrons. The number of hydrogen-bond donors (Lipinski definition) is 0. The lowest BCUT2D eigenvalue weighted by Crippen LogP contribution is -2.03. The Kier molecular flexibility index (Phi) is 4.93. The van der Waals surface area contributed by atoms with Gasteiger partial charge in [0.1, 0.15) is 0 Å². The molecule has 0 radical (unpaired) electrons. The maximum atomic E-state index is 2.46. The fourth-order valence-electron chi connectivity index (χ4n) is 7.04. The van der Waals surface area contributed by atoms with E-state index in [9.17, 15) is 0 Å². The predicted molar refractivity (Wildman–Crippen MR) is 175 cm³/mol. The summed E-state index contributed by atoms with van der Waals surface area (Å²) in [7, 11) is 0. The normalized spacial score (nSPS) is 11.8. The molecule has 0 saturated heterocycles. The van der Waals surface area contributed by atoms with Gasteiger partial charge in [0.05, 0.1) is 22.4 Å². The van der Waals surface area contributed by atoms with Gasteiger partial charge in [0.2, 0.25) is 0 Å². The second-order valence-corrected chi connectivity index (χ2v) is 10.9. The van der Waals surface area contributed by atoms with E-state index in [0.717, 1.165) is 11.4 Å². The summed E-state index contributed by atoms with van der Waals surface area (Å²) in [5.74, 6) is 0. The molecule has 2 heteroatoms. The molecule has 0 N–H and O–H groups in total. The minimum atomic E-state index is 1.16. The monoisotopic (exact) mass is 534 g/mol. The summed E-state index contributed by atoms with van der Waals surface area (Å²) < 4.78 is 4.92. The Morgan fingerprint density at radius 1 is 0.286 bits per heavy atom. The van der Waals surface area contributed by atoms with Gasteiger partial charge >= 0.3 is 0 Å². The highest BCUT2D eigenvalue weighted by atomic mass is 15.0. The van der Waals surface area contributed by atoms with Crippen molar-refractivity contribution >= 4 is 21.8 Å². The summed E-state index contributed by atoms with van der Waals surface area (Å²) in [6, 6.07) is 57.2. The first-order valence-corrected chi connectivity index (χ1v) is 14.5. The molecule has 2 heterocycles. The molecule has 8 aromatic rings. The number of aromatic nitrogens is 2. The lowest BCUT2D eigenvalue weighted by molar-refractivity contribution is 1.12. The molecule has 0 amide bonds. The van der Waals surface area contributed by atoms with Gasteiger partial charge < -0.3 is 9.13 Å². The van der Waals surface area contributed by atoms with Crippen LogP contribution in [0.4, 0.5) is 0 Å². The number of benzene rings is 6. The van der Waals surface area contributed by atoms with Crippen LogP contribution in [0.15, 0.2) is 158 Å². The molecule has 0 bridgehead atoms. The summed E-state index contributed by atoms with van der Waals surface area (Å²) in [6.07, 6.45) is 0. The minimum Gasteiger partial charge on any atom is -0.309 e. The Labute approximate surface area is 244 Å². The maximum Gasteiger partial charge on any atom is 0.0626 e. The smallest absolute Gasteiger partial charge is 0.0626 e. The number of fused-ring (bicyclic) bond motifs is 12. The van der Waals surface area contributed by atoms with E-state index in [4.69, 9.17) is 0 Å². The molecule has 0 saturated carbocycles. The highest BCUT2D eigenvalue weighted by molar-refractivity contribution is 6.17. The van der Waals surface area contributed by atoms with Crippen molar-refractivity contribution in [2.75, 3.05) is 0 Å². The van der Waals surface area contributed by atoms with Crippen molar-refractivity contribution in [2.24, 2.45) is 0 Å². The first-order valence-electron chi connectivity index (χ1n) is 14.5. The Morgan fingerprint density at radius 2 is 0.619 bits per heavy atom. The highest BCUT2D eigenvalue weighted by Gasteiger charge is 2.31. The van der Waals surface area contributed by atoms with Gasteiger partial charge in [-0.15, -0.1) is 0 Å². The van der Waals surface area contributed by atoms with Gasteiger partial charge in [0.15, 0.2) is 0 Å². The Hall–Kier alpha value is -5.60. The number of nitrogens with zero attached hydrogens (tertiary/aromatic N) is 2. The molecule has 2 nitrogen and oxygen atoms in total. The molecule has 1 aliphatic rings. The standard InChI is InChI=1S/C40H26N2/c1-3-15-27(16-4-1)41-35-25-13-11-23-33(35)37-29-19-7-8-20-30(29)38-34-24-12-14-26-36(34)42(28-17-5-2-6-18-28)40(38)32-22-10-9-21-31(32)39(37)41/h1-26H. The first kappa shape index (κ1) is 23.1. The van der Waals surface area contributed by atoms with E-state index in [-0.39, 0.29) is 0 Å². The molecule has 0 unspecified atom stereocenters. The molecule has 0 aliphatic heterocycles. The van der Waals surface area contributed by atoms with Crippen molar-refractivity contribution in [1.29, 1.82) is 0 Å². The second kappa shape index (κ2) is 8.95. The molecule has 0 spiro atoms. The van der Waals surface area contributed by atoms with Crippen LogP contribution in [0.1, 0.15) is 0 Å². The molecular weight excluding hydrogens is 508 g/mol. The van der Waals surface area contributed by atoms with Crippen molar-refractivity contribution in [3.05, 3.63) is 158 Å². The van der Waals surface area contributed by atoms with Crippen molar-refractivity contribution in [3.63, 3.8) is 0 Å². The number of rotatable bonds is 2. The highest BCUT2D eigenvalue weighted by Crippen LogP contribution is 2.54. The van der Waals surface area contributed by atoms with Crippen LogP contribution < -0.4 is 0 Å². The van der Waals surface area contributed by atoms with Crippen LogP contribution in [0.3, 0.4) is 0 Å². The average molecular weight is 535 g/mol. The third kappa shape index (κ3) is 3.15. The van der Waals surface area contributed by atoms with E-state index in [1.807, 2.05) is 0 Å². The number of hydrogen-bond acceptors (Lipinski definition) is 0. The lowest BCUT2D eigenvalue weighted by Gasteiger charge is -2.23. The summed E-state index contributed by atoms with van der Waals surface area (Å²) in [6.45, 7) is 0. The van der Waals surface area contributed by atoms with Crippen LogP contribution in [0.25, 0.3) is 77.9 Å². The van der Waals surface area contributed by atoms with Gasteiger partial charge in [-0.25, -0.2) is 0 Å². The van der Waals surface area contributed by atoms with Crippen molar-refractivity contribution in [1.82, 2.24) is 9.13 Å². The van der Waals surface area contributed by atoms with Gasteiger partial charge in [0, 0.05) is 44.4 Å². The topological polar surface area (TPSA) is 9.86 Å². The van der Waals surface area contributed by atoms with E-state index in [2.05, 4.69) is 167 Å². The van der Waals surface area contributed by atoms with Gasteiger partial charge in [-0.3, -0.25) is 0 Å². The minimum absolute atomic E-state index is 1.16. The zero-order valence-electron chi connectivity index (χ0n) is 22.9. The van der Waals surface area contributed by atoms with E-state index in [1.165, 1.54) is 66.6 Å². The second-order valence-electron chi connectivity index (χ2n) is 10.9. The zero-order valence-corrected chi connectivity index (χ0v) is 22.9. The van der Waals surface area contributed by atoms with Gasteiger partial charge in [-0.1, -0.05) is 121 Å². The summed E-state index contributed by atoms with van der Waals surface area (Å²) in [5, 5.41) is 2.52. The van der Waals surface area contributed by atoms with Crippen LogP contribution in [-0.4, -0.2) is 9.13 Å². The molecule has 0 fully saturated rings. The van der Waals surface area contributed by atoms with E-state index in [0.29, 0.717) is 0 Å². The Bertz CT molecular complexity index is 2120. The Balaban J connectivity index is 1.55. The molecule has 1 aliphatic carbocycles. The third-order valence-corrected chi connectivity index (χ3v) is 8.68. The first-order chi connectivity index (χ1) is 20.9. The quantitative estimate of drug-likeness (QED) is 0.209. The van der Waals surface area contributed by atoms with Crippen LogP contribution in [0, 0.1) is 0 Å². The Morgan fingerprint density at radius 3 is 1.05 bits per heavy atom. The third-order valence-electron chi connectivity index (χ3n) is 8.68. The van der Waals surface area contributed by atoms with E-state index in [1.54, 1.807) is 0 Å². The predicted octanol–water partition coefficient (Wildman–Crippen LogP) is 10.6. The average Bonchev–Trinajstić information content (AvgIpc) is 3.58. The zero-order chi connectivity index (χ0) is 27.6. The summed E-state index contributed by atoms with van der Waals surface area (Å²) >= 11 is 0. The number of para-hydroxylation sites is 4. The SMILES string of the molecule is c1ccc(-n2c3c(c4ccccc42)-c2ccccc2-c2c(n(-c4ccccc4)c4ccccc24)-c2ccccc2-3)cc1. The fourth-order valence-corrected chi connectivity index (χ4v) is 7.04. The maximum absolute atomic E-state index is 2.46. The summed E-state index contributed by atoms with van der Waals surface area (Å²) in [4.78, 5) is 0. The molecule has 2 aromatic heterocycles. The van der Waals surface area contributed by atoms with Crippen molar-refractivity contribution in [3.8, 4) is 56.1 Å². The fraction of sp³-hybridized carbons (Fsp3) is 0. The van der Waals surface area contributed by atoms with Crippen molar-refractivity contribution < 1.29 is 0 Å². The molecule has 9 rings (SSSR count). The van der Waals surface area contributed by atoms with Gasteiger partial charge in [-0.05, 0) is 47.5 Å². The largest absolute Gasteiger partial charge is 0.309 e. The van der Waals surface area contributed by atoms with Crippen molar-refractivity contribution in [2.45, 2.75) is 0 Å². The van der Waals surface area contributed by atoms with Gasteiger partial charge in [-0.2, -0.15) is 0 Å². The summed E-state index contributed by atoms with van der Waals surface area (Å²) in [5.41, 5.74) is 14.7. The van der Waals surface area contributed by atoms with E-state index < -0.39 is 0 Å². The molecule has 42 heavy (non-hydrogen) atoms. The van der Waals surface area contributed by atoms with Crippen LogP contribution in [0.2, 0.25) is 0 Å². The van der Waals surface area contributed by atoms with Crippen LogP contribution >= 0.6 is 0 Å². The van der Waals surface area contributed by atoms with E-state index >= 15 is 0 Å².